The predicted molar refractivity (Wildman–Crippen MR) is 133 cm³/mol. The zero-order valence-electron chi connectivity index (χ0n) is 18.3. The molecule has 0 bridgehead atoms. The summed E-state index contributed by atoms with van der Waals surface area (Å²) >= 11 is 12.2. The molecular formula is C25H22Cl2N2O5. The Morgan fingerprint density at radius 1 is 1.06 bits per heavy atom. The summed E-state index contributed by atoms with van der Waals surface area (Å²) in [6, 6.07) is 13.8. The molecule has 34 heavy (non-hydrogen) atoms. The molecule has 1 N–H and O–H groups in total. The summed E-state index contributed by atoms with van der Waals surface area (Å²) in [5.41, 5.74) is 2.29. The Kier molecular flexibility index (Phi) is 7.57. The van der Waals surface area contributed by atoms with Crippen LogP contribution in [0.15, 0.2) is 59.0 Å². The maximum absolute atomic E-state index is 12.5. The van der Waals surface area contributed by atoms with E-state index < -0.39 is 5.97 Å². The lowest BCUT2D eigenvalue weighted by molar-refractivity contribution is -0.111. The maximum Gasteiger partial charge on any atom is 0.340 e. The van der Waals surface area contributed by atoms with Crippen LogP contribution in [-0.4, -0.2) is 45.3 Å². The Bertz CT molecular complexity index is 1230. The van der Waals surface area contributed by atoms with E-state index in [2.05, 4.69) is 10.2 Å². The number of carbonyl (C=O) groups is 2. The lowest BCUT2D eigenvalue weighted by atomic mass is 10.1. The average Bonchev–Trinajstić information content (AvgIpc) is 3.31. The summed E-state index contributed by atoms with van der Waals surface area (Å²) in [5.74, 6) is 0.187. The van der Waals surface area contributed by atoms with Gasteiger partial charge in [-0.2, -0.15) is 0 Å². The molecular weight excluding hydrogens is 479 g/mol. The number of furan rings is 1. The molecule has 0 saturated carbocycles. The number of hydrogen-bond donors (Lipinski definition) is 1. The molecule has 1 aliphatic rings. The molecule has 3 aromatic rings. The van der Waals surface area contributed by atoms with Gasteiger partial charge in [0, 0.05) is 35.4 Å². The van der Waals surface area contributed by atoms with Crippen LogP contribution in [0, 0.1) is 0 Å². The highest BCUT2D eigenvalue weighted by atomic mass is 35.5. The second-order valence-corrected chi connectivity index (χ2v) is 8.32. The van der Waals surface area contributed by atoms with Crippen molar-refractivity contribution in [2.45, 2.75) is 0 Å². The molecule has 1 saturated heterocycles. The van der Waals surface area contributed by atoms with E-state index in [1.807, 2.05) is 0 Å². The van der Waals surface area contributed by atoms with Gasteiger partial charge in [0.1, 0.15) is 11.5 Å². The van der Waals surface area contributed by atoms with E-state index in [9.17, 15) is 9.59 Å². The van der Waals surface area contributed by atoms with Crippen LogP contribution in [0.3, 0.4) is 0 Å². The van der Waals surface area contributed by atoms with E-state index in [-0.39, 0.29) is 5.91 Å². The third-order valence-corrected chi connectivity index (χ3v) is 5.79. The molecule has 7 nitrogen and oxygen atoms in total. The summed E-state index contributed by atoms with van der Waals surface area (Å²) in [4.78, 5) is 26.9. The van der Waals surface area contributed by atoms with Gasteiger partial charge in [0.2, 0.25) is 5.91 Å². The molecule has 1 amide bonds. The van der Waals surface area contributed by atoms with Crippen LogP contribution in [-0.2, 0) is 14.3 Å². The molecule has 0 spiro atoms. The molecule has 1 fully saturated rings. The molecule has 9 heteroatoms. The highest BCUT2D eigenvalue weighted by Crippen LogP contribution is 2.32. The van der Waals surface area contributed by atoms with Gasteiger partial charge in [-0.15, -0.1) is 0 Å². The molecule has 0 aliphatic carbocycles. The van der Waals surface area contributed by atoms with Gasteiger partial charge in [0.25, 0.3) is 0 Å². The van der Waals surface area contributed by atoms with Crippen molar-refractivity contribution in [3.63, 3.8) is 0 Å². The van der Waals surface area contributed by atoms with Crippen molar-refractivity contribution in [3.8, 4) is 11.3 Å². The number of benzene rings is 2. The normalized spacial score (nSPS) is 13.8. The Labute approximate surface area is 206 Å². The minimum absolute atomic E-state index is 0.377. The minimum Gasteiger partial charge on any atom is -0.465 e. The maximum atomic E-state index is 12.5. The molecule has 0 atom stereocenters. The van der Waals surface area contributed by atoms with Gasteiger partial charge in [0.15, 0.2) is 0 Å². The zero-order valence-corrected chi connectivity index (χ0v) is 19.9. The minimum atomic E-state index is -0.475. The number of halogens is 2. The van der Waals surface area contributed by atoms with Gasteiger partial charge in [-0.25, -0.2) is 4.79 Å². The van der Waals surface area contributed by atoms with Gasteiger partial charge < -0.3 is 24.1 Å². The van der Waals surface area contributed by atoms with Crippen molar-refractivity contribution in [1.29, 1.82) is 0 Å². The first kappa shape index (κ1) is 23.9. The van der Waals surface area contributed by atoms with Crippen molar-refractivity contribution >= 4 is 52.5 Å². The Morgan fingerprint density at radius 2 is 1.85 bits per heavy atom. The molecule has 4 rings (SSSR count). The molecule has 2 aromatic carbocycles. The van der Waals surface area contributed by atoms with E-state index in [0.717, 1.165) is 5.69 Å². The number of carbonyl (C=O) groups excluding carboxylic acids is 2. The van der Waals surface area contributed by atoms with Crippen LogP contribution in [0.2, 0.25) is 10.0 Å². The van der Waals surface area contributed by atoms with Crippen molar-refractivity contribution in [2.75, 3.05) is 43.6 Å². The lowest BCUT2D eigenvalue weighted by Crippen LogP contribution is -2.37. The van der Waals surface area contributed by atoms with Crippen molar-refractivity contribution < 1.29 is 23.5 Å². The van der Waals surface area contributed by atoms with Crippen molar-refractivity contribution in [2.24, 2.45) is 0 Å². The number of morpholine rings is 1. The summed E-state index contributed by atoms with van der Waals surface area (Å²) in [5, 5.41) is 3.76. The number of nitrogens with one attached hydrogen (secondary N) is 1. The van der Waals surface area contributed by atoms with Crippen LogP contribution < -0.4 is 10.2 Å². The van der Waals surface area contributed by atoms with Gasteiger partial charge in [0.05, 0.1) is 36.6 Å². The first-order valence-electron chi connectivity index (χ1n) is 10.5. The van der Waals surface area contributed by atoms with Crippen molar-refractivity contribution in [1.82, 2.24) is 0 Å². The van der Waals surface area contributed by atoms with Crippen molar-refractivity contribution in [3.05, 3.63) is 76.0 Å². The van der Waals surface area contributed by atoms with E-state index >= 15 is 0 Å². The summed E-state index contributed by atoms with van der Waals surface area (Å²) in [6.07, 6.45) is 2.89. The van der Waals surface area contributed by atoms with Crippen LogP contribution in [0.1, 0.15) is 16.1 Å². The van der Waals surface area contributed by atoms with Gasteiger partial charge in [-0.05, 0) is 54.6 Å². The molecule has 2 heterocycles. The largest absolute Gasteiger partial charge is 0.465 e. The summed E-state index contributed by atoms with van der Waals surface area (Å²) in [7, 11) is 1.33. The monoisotopic (exact) mass is 500 g/mol. The average molecular weight is 501 g/mol. The first-order chi connectivity index (χ1) is 16.4. The zero-order chi connectivity index (χ0) is 24.1. The van der Waals surface area contributed by atoms with Gasteiger partial charge in [-0.3, -0.25) is 4.79 Å². The standard InChI is InChI=1S/C25H22Cl2N2O5/c1-32-25(31)20-15-17(3-7-22(20)29-10-12-33-13-11-29)28-24(30)9-5-18-4-8-23(34-18)19-6-2-16(26)14-21(19)27/h2-9,14-15H,10-13H2,1H3,(H,28,30)/b9-5+. The number of anilines is 2. The quantitative estimate of drug-likeness (QED) is 0.354. The Balaban J connectivity index is 1.46. The van der Waals surface area contributed by atoms with Crippen LogP contribution in [0.4, 0.5) is 11.4 Å². The van der Waals surface area contributed by atoms with E-state index in [1.54, 1.807) is 54.6 Å². The number of ether oxygens (including phenoxy) is 2. The second kappa shape index (κ2) is 10.8. The smallest absolute Gasteiger partial charge is 0.340 e. The number of methoxy groups -OCH3 is 1. The SMILES string of the molecule is COC(=O)c1cc(NC(=O)/C=C/c2ccc(-c3ccc(Cl)cc3Cl)o2)ccc1N1CCOCC1. The van der Waals surface area contributed by atoms with Gasteiger partial charge >= 0.3 is 5.97 Å². The number of rotatable bonds is 6. The lowest BCUT2D eigenvalue weighted by Gasteiger charge is -2.30. The number of nitrogens with zero attached hydrogens (tertiary/aromatic N) is 1. The van der Waals surface area contributed by atoms with Gasteiger partial charge in [-0.1, -0.05) is 23.2 Å². The number of esters is 1. The molecule has 0 unspecified atom stereocenters. The highest BCUT2D eigenvalue weighted by molar-refractivity contribution is 6.36. The second-order valence-electron chi connectivity index (χ2n) is 7.47. The number of amides is 1. The fourth-order valence-electron chi connectivity index (χ4n) is 3.59. The summed E-state index contributed by atoms with van der Waals surface area (Å²) < 4.78 is 16.1. The van der Waals surface area contributed by atoms with Crippen LogP contribution in [0.25, 0.3) is 17.4 Å². The Morgan fingerprint density at radius 3 is 2.59 bits per heavy atom. The molecule has 176 valence electrons. The molecule has 1 aliphatic heterocycles. The third kappa shape index (κ3) is 5.62. The molecule has 0 radical (unpaired) electrons. The third-order valence-electron chi connectivity index (χ3n) is 5.24. The highest BCUT2D eigenvalue weighted by Gasteiger charge is 2.20. The van der Waals surface area contributed by atoms with Crippen LogP contribution >= 0.6 is 23.2 Å². The van der Waals surface area contributed by atoms with E-state index in [0.29, 0.717) is 64.7 Å². The fraction of sp³-hybridized carbons (Fsp3) is 0.200. The van der Waals surface area contributed by atoms with E-state index in [1.165, 1.54) is 13.2 Å². The Hall–Kier alpha value is -3.26. The summed E-state index contributed by atoms with van der Waals surface area (Å²) in [6.45, 7) is 2.51. The number of hydrogen-bond acceptors (Lipinski definition) is 6. The van der Waals surface area contributed by atoms with E-state index in [4.69, 9.17) is 37.1 Å². The first-order valence-corrected chi connectivity index (χ1v) is 11.3. The fourth-order valence-corrected chi connectivity index (χ4v) is 4.09. The van der Waals surface area contributed by atoms with Crippen LogP contribution in [0.5, 0.6) is 0 Å². The molecule has 1 aromatic heterocycles. The topological polar surface area (TPSA) is 81.0 Å². The predicted octanol–water partition coefficient (Wildman–Crippen LogP) is 5.53.